The Balaban J connectivity index is 2.42. The first-order valence-electron chi connectivity index (χ1n) is 8.94. The van der Waals surface area contributed by atoms with Crippen LogP contribution in [0.5, 0.6) is 0 Å². The highest BCUT2D eigenvalue weighted by Gasteiger charge is 2.20. The molecule has 0 saturated carbocycles. The second-order valence-electron chi connectivity index (χ2n) is 6.33. The van der Waals surface area contributed by atoms with E-state index in [1.165, 1.54) is 38.2 Å². The predicted octanol–water partition coefficient (Wildman–Crippen LogP) is 3.03. The van der Waals surface area contributed by atoms with Crippen molar-refractivity contribution >= 4 is 35.4 Å². The molecule has 0 aliphatic carbocycles. The van der Waals surface area contributed by atoms with Gasteiger partial charge in [0.25, 0.3) is 5.91 Å². The monoisotopic (exact) mass is 429 g/mol. The van der Waals surface area contributed by atoms with Crippen LogP contribution in [0.15, 0.2) is 65.9 Å². The molecule has 0 aromatic heterocycles. The number of carbonyl (C=O) groups is 3. The van der Waals surface area contributed by atoms with Gasteiger partial charge in [-0.15, -0.1) is 0 Å². The average Bonchev–Trinajstić information content (AvgIpc) is 2.73. The van der Waals surface area contributed by atoms with Crippen molar-refractivity contribution in [2.24, 2.45) is 5.73 Å². The van der Waals surface area contributed by atoms with Gasteiger partial charge in [0, 0.05) is 28.9 Å². The fourth-order valence-corrected chi connectivity index (χ4v) is 2.79. The van der Waals surface area contributed by atoms with Crippen molar-refractivity contribution in [3.8, 4) is 0 Å². The number of ketones is 1. The van der Waals surface area contributed by atoms with Gasteiger partial charge in [-0.3, -0.25) is 19.3 Å². The fourth-order valence-electron chi connectivity index (χ4n) is 2.66. The minimum atomic E-state index is -0.738. The number of hydrogen-bond donors (Lipinski definition) is 2. The first-order chi connectivity index (χ1) is 14.3. The number of allylic oxidation sites excluding steroid dienone is 2. The zero-order valence-electron chi connectivity index (χ0n) is 16.5. The molecule has 0 aliphatic rings. The van der Waals surface area contributed by atoms with Crippen LogP contribution in [-0.2, 0) is 20.9 Å². The standard InChI is InChI=1S/C22H21ClFN3O3/c1-14(29)18(21(25)15-7-9-17(23)10-8-15)11-20(26-2)22(30)27(13-28)12-16-5-3-4-6-19(16)24/h3-11,13,26H,12,25H2,1-2H3/b20-11-,21-18-. The van der Waals surface area contributed by atoms with Crippen LogP contribution in [0.3, 0.4) is 0 Å². The third-order valence-electron chi connectivity index (χ3n) is 4.30. The molecule has 0 spiro atoms. The number of halogens is 2. The van der Waals surface area contributed by atoms with Crippen molar-refractivity contribution in [1.29, 1.82) is 0 Å². The number of benzene rings is 2. The van der Waals surface area contributed by atoms with E-state index in [1.807, 2.05) is 0 Å². The summed E-state index contributed by atoms with van der Waals surface area (Å²) in [4.78, 5) is 37.3. The maximum Gasteiger partial charge on any atom is 0.276 e. The summed E-state index contributed by atoms with van der Waals surface area (Å²) < 4.78 is 13.9. The number of likely N-dealkylation sites (N-methyl/N-ethyl adjacent to an activating group) is 1. The maximum atomic E-state index is 13.9. The SMILES string of the molecule is CN/C(=C\C(C(C)=O)=C(\N)c1ccc(Cl)cc1)C(=O)N(C=O)Cc1ccccc1F. The minimum absolute atomic E-state index is 0.0550. The third-order valence-corrected chi connectivity index (χ3v) is 4.55. The van der Waals surface area contributed by atoms with E-state index in [4.69, 9.17) is 17.3 Å². The first-order valence-corrected chi connectivity index (χ1v) is 9.32. The lowest BCUT2D eigenvalue weighted by Gasteiger charge is -2.18. The van der Waals surface area contributed by atoms with Crippen LogP contribution < -0.4 is 11.1 Å². The molecule has 0 radical (unpaired) electrons. The van der Waals surface area contributed by atoms with Crippen LogP contribution >= 0.6 is 11.6 Å². The summed E-state index contributed by atoms with van der Waals surface area (Å²) in [6, 6.07) is 12.4. The molecule has 30 heavy (non-hydrogen) atoms. The number of hydrogen-bond acceptors (Lipinski definition) is 5. The van der Waals surface area contributed by atoms with Crippen LogP contribution in [-0.4, -0.2) is 30.0 Å². The van der Waals surface area contributed by atoms with Gasteiger partial charge >= 0.3 is 0 Å². The number of imide groups is 1. The number of Topliss-reactive ketones (excluding diaryl/α,β-unsaturated/α-hetero) is 1. The van der Waals surface area contributed by atoms with Gasteiger partial charge in [-0.25, -0.2) is 4.39 Å². The van der Waals surface area contributed by atoms with Gasteiger partial charge in [0.05, 0.1) is 6.54 Å². The highest BCUT2D eigenvalue weighted by Crippen LogP contribution is 2.20. The van der Waals surface area contributed by atoms with Crippen molar-refractivity contribution in [2.45, 2.75) is 13.5 Å². The number of nitrogens with one attached hydrogen (secondary N) is 1. The van der Waals surface area contributed by atoms with E-state index < -0.39 is 11.7 Å². The van der Waals surface area contributed by atoms with Gasteiger partial charge in [0.2, 0.25) is 6.41 Å². The summed E-state index contributed by atoms with van der Waals surface area (Å²) in [6.45, 7) is 1.04. The average molecular weight is 430 g/mol. The second kappa shape index (κ2) is 10.4. The van der Waals surface area contributed by atoms with Gasteiger partial charge < -0.3 is 11.1 Å². The van der Waals surface area contributed by atoms with E-state index in [0.717, 1.165) is 4.90 Å². The van der Waals surface area contributed by atoms with Crippen molar-refractivity contribution in [3.63, 3.8) is 0 Å². The van der Waals surface area contributed by atoms with Crippen LogP contribution in [0, 0.1) is 5.82 Å². The summed E-state index contributed by atoms with van der Waals surface area (Å²) in [5.74, 6) is -1.66. The molecule has 156 valence electrons. The number of carbonyl (C=O) groups excluding carboxylic acids is 3. The molecular weight excluding hydrogens is 409 g/mol. The van der Waals surface area contributed by atoms with Crippen LogP contribution in [0.2, 0.25) is 5.02 Å². The summed E-state index contributed by atoms with van der Waals surface area (Å²) in [5, 5.41) is 3.18. The lowest BCUT2D eigenvalue weighted by atomic mass is 10.0. The maximum absolute atomic E-state index is 13.9. The molecule has 2 aromatic carbocycles. The molecule has 0 atom stereocenters. The number of nitrogens with zero attached hydrogens (tertiary/aromatic N) is 1. The molecule has 2 rings (SSSR count). The Kier molecular flexibility index (Phi) is 7.89. The van der Waals surface area contributed by atoms with Gasteiger partial charge in [-0.2, -0.15) is 0 Å². The predicted molar refractivity (Wildman–Crippen MR) is 113 cm³/mol. The van der Waals surface area contributed by atoms with E-state index in [9.17, 15) is 18.8 Å². The molecule has 2 amide bonds. The largest absolute Gasteiger partial charge is 0.398 e. The molecule has 0 saturated heterocycles. The normalized spacial score (nSPS) is 12.1. The van der Waals surface area contributed by atoms with E-state index in [0.29, 0.717) is 17.0 Å². The summed E-state index contributed by atoms with van der Waals surface area (Å²) in [5.41, 5.74) is 7.03. The zero-order valence-corrected chi connectivity index (χ0v) is 17.2. The fraction of sp³-hybridized carbons (Fsp3) is 0.136. The molecule has 8 heteroatoms. The highest BCUT2D eigenvalue weighted by molar-refractivity contribution is 6.30. The quantitative estimate of drug-likeness (QED) is 0.382. The minimum Gasteiger partial charge on any atom is -0.398 e. The van der Waals surface area contributed by atoms with E-state index >= 15 is 0 Å². The molecule has 0 fully saturated rings. The van der Waals surface area contributed by atoms with E-state index in [-0.39, 0.29) is 34.9 Å². The molecule has 3 N–H and O–H groups in total. The van der Waals surface area contributed by atoms with Crippen molar-refractivity contribution in [1.82, 2.24) is 10.2 Å². The van der Waals surface area contributed by atoms with Gasteiger partial charge in [0.15, 0.2) is 5.78 Å². The van der Waals surface area contributed by atoms with Crippen molar-refractivity contribution < 1.29 is 18.8 Å². The molecule has 0 aliphatic heterocycles. The van der Waals surface area contributed by atoms with Gasteiger partial charge in [-0.1, -0.05) is 41.9 Å². The Labute approximate surface area is 178 Å². The van der Waals surface area contributed by atoms with Crippen molar-refractivity contribution in [3.05, 3.63) is 87.8 Å². The van der Waals surface area contributed by atoms with E-state index in [1.54, 1.807) is 30.3 Å². The Morgan fingerprint density at radius 2 is 1.80 bits per heavy atom. The molecule has 0 bridgehead atoms. The number of rotatable bonds is 8. The number of nitrogens with two attached hydrogens (primary N) is 1. The summed E-state index contributed by atoms with van der Waals surface area (Å²) in [7, 11) is 1.46. The molecule has 6 nitrogen and oxygen atoms in total. The molecule has 2 aromatic rings. The highest BCUT2D eigenvalue weighted by atomic mass is 35.5. The molecule has 0 heterocycles. The molecular formula is C22H21ClFN3O3. The van der Waals surface area contributed by atoms with Crippen LogP contribution in [0.25, 0.3) is 5.70 Å². The van der Waals surface area contributed by atoms with Crippen LogP contribution in [0.1, 0.15) is 18.1 Å². The Bertz CT molecular complexity index is 1020. The van der Waals surface area contributed by atoms with E-state index in [2.05, 4.69) is 5.32 Å². The lowest BCUT2D eigenvalue weighted by Crippen LogP contribution is -2.34. The molecule has 0 unspecified atom stereocenters. The Morgan fingerprint density at radius 3 is 2.33 bits per heavy atom. The Hall–Kier alpha value is -3.45. The van der Waals surface area contributed by atoms with Gasteiger partial charge in [0.1, 0.15) is 11.5 Å². The lowest BCUT2D eigenvalue weighted by molar-refractivity contribution is -0.136. The summed E-state index contributed by atoms with van der Waals surface area (Å²) >= 11 is 5.88. The van der Waals surface area contributed by atoms with Crippen molar-refractivity contribution in [2.75, 3.05) is 7.05 Å². The third kappa shape index (κ3) is 5.55. The topological polar surface area (TPSA) is 92.5 Å². The second-order valence-corrected chi connectivity index (χ2v) is 6.76. The number of amides is 2. The zero-order chi connectivity index (χ0) is 22.3. The summed E-state index contributed by atoms with van der Waals surface area (Å²) in [6.07, 6.45) is 1.58. The van der Waals surface area contributed by atoms with Crippen LogP contribution in [0.4, 0.5) is 4.39 Å². The first kappa shape index (κ1) is 22.8. The Morgan fingerprint density at radius 1 is 1.17 bits per heavy atom. The van der Waals surface area contributed by atoms with Gasteiger partial charge in [-0.05, 0) is 36.8 Å². The smallest absolute Gasteiger partial charge is 0.276 e.